The number of hydrogen-bond acceptors (Lipinski definition) is 5. The van der Waals surface area contributed by atoms with Crippen LogP contribution >= 0.6 is 0 Å². The molecule has 0 N–H and O–H groups in total. The van der Waals surface area contributed by atoms with Gasteiger partial charge in [-0.05, 0) is 40.5 Å². The molecule has 7 nitrogen and oxygen atoms in total. The minimum Gasteiger partial charge on any atom is -0.378 e. The second-order valence-electron chi connectivity index (χ2n) is 10.0. The third-order valence-electron chi connectivity index (χ3n) is 7.95. The van der Waals surface area contributed by atoms with E-state index in [1.165, 1.54) is 0 Å². The molecular formula is C29H33N3O4. The lowest BCUT2D eigenvalue weighted by molar-refractivity contribution is -0.154. The number of carbonyl (C=O) groups is 2. The molecule has 188 valence electrons. The van der Waals surface area contributed by atoms with Gasteiger partial charge in [0.2, 0.25) is 0 Å². The van der Waals surface area contributed by atoms with Gasteiger partial charge in [0.05, 0.1) is 25.4 Å². The molecule has 6 rings (SSSR count). The Balaban J connectivity index is 1.15. The van der Waals surface area contributed by atoms with E-state index in [0.29, 0.717) is 45.5 Å². The summed E-state index contributed by atoms with van der Waals surface area (Å²) in [5.41, 5.74) is 0.810. The summed E-state index contributed by atoms with van der Waals surface area (Å²) in [6.45, 7) is 5.95. The number of fused-ring (bicyclic) bond motifs is 2. The summed E-state index contributed by atoms with van der Waals surface area (Å²) in [7, 11) is 0. The first-order valence-corrected chi connectivity index (χ1v) is 13.1. The van der Waals surface area contributed by atoms with Gasteiger partial charge in [-0.2, -0.15) is 0 Å². The molecule has 2 amide bonds. The van der Waals surface area contributed by atoms with Crippen LogP contribution in [0.5, 0.6) is 0 Å². The summed E-state index contributed by atoms with van der Waals surface area (Å²) in [5.74, 6) is 0.197. The molecule has 36 heavy (non-hydrogen) atoms. The van der Waals surface area contributed by atoms with E-state index < -0.39 is 6.10 Å². The Hall–Kier alpha value is -3.00. The van der Waals surface area contributed by atoms with Crippen molar-refractivity contribution in [1.82, 2.24) is 14.7 Å². The van der Waals surface area contributed by atoms with Crippen LogP contribution in [-0.4, -0.2) is 97.7 Å². The minimum atomic E-state index is -0.404. The molecular weight excluding hydrogens is 454 g/mol. The van der Waals surface area contributed by atoms with Gasteiger partial charge in [-0.1, -0.05) is 48.5 Å². The van der Waals surface area contributed by atoms with Crippen molar-refractivity contribution >= 4 is 33.4 Å². The van der Waals surface area contributed by atoms with Crippen LogP contribution in [0.3, 0.4) is 0 Å². The average molecular weight is 488 g/mol. The zero-order chi connectivity index (χ0) is 24.5. The van der Waals surface area contributed by atoms with Crippen LogP contribution in [0, 0.1) is 0 Å². The summed E-state index contributed by atoms with van der Waals surface area (Å²) in [6, 6.07) is 18.9. The molecule has 3 fully saturated rings. The van der Waals surface area contributed by atoms with E-state index in [1.807, 2.05) is 34.1 Å². The van der Waals surface area contributed by atoms with Crippen LogP contribution in [0.4, 0.5) is 0 Å². The van der Waals surface area contributed by atoms with E-state index in [1.54, 1.807) is 0 Å². The summed E-state index contributed by atoms with van der Waals surface area (Å²) in [4.78, 5) is 33.1. The topological polar surface area (TPSA) is 62.3 Å². The van der Waals surface area contributed by atoms with Crippen molar-refractivity contribution in [3.63, 3.8) is 0 Å². The van der Waals surface area contributed by atoms with Gasteiger partial charge < -0.3 is 19.3 Å². The van der Waals surface area contributed by atoms with Crippen LogP contribution in [0.2, 0.25) is 0 Å². The van der Waals surface area contributed by atoms with E-state index in [-0.39, 0.29) is 11.8 Å². The molecule has 0 aliphatic carbocycles. The summed E-state index contributed by atoms with van der Waals surface area (Å²) in [5, 5.41) is 4.22. The first-order chi connectivity index (χ1) is 17.7. The molecule has 0 saturated carbocycles. The monoisotopic (exact) mass is 487 g/mol. The predicted molar refractivity (Wildman–Crippen MR) is 139 cm³/mol. The maximum Gasteiger partial charge on any atom is 0.255 e. The molecule has 1 atom stereocenters. The molecule has 3 heterocycles. The first-order valence-electron chi connectivity index (χ1n) is 13.1. The first kappa shape index (κ1) is 23.4. The van der Waals surface area contributed by atoms with Crippen molar-refractivity contribution in [1.29, 1.82) is 0 Å². The van der Waals surface area contributed by atoms with Crippen LogP contribution in [0.25, 0.3) is 21.5 Å². The smallest absolute Gasteiger partial charge is 0.255 e. The minimum absolute atomic E-state index is 0.0819. The maximum absolute atomic E-state index is 13.9. The third-order valence-corrected chi connectivity index (χ3v) is 7.95. The number of hydrogen-bond donors (Lipinski definition) is 0. The molecule has 3 aliphatic rings. The molecule has 3 aromatic rings. The van der Waals surface area contributed by atoms with E-state index in [9.17, 15) is 9.59 Å². The van der Waals surface area contributed by atoms with E-state index in [2.05, 4.69) is 35.2 Å². The number of benzene rings is 3. The van der Waals surface area contributed by atoms with E-state index in [4.69, 9.17) is 9.47 Å². The standard InChI is InChI=1S/C29H33N3O4/c33-28(31-13-16-35-17-14-31)26-20-32(15-18-36-26)23-9-11-30(12-10-23)29(34)27-24-7-3-1-5-21(24)19-22-6-2-4-8-25(22)27/h1-8,19,23,26H,9-18,20H2. The number of carbonyl (C=O) groups excluding carboxylic acids is 2. The van der Waals surface area contributed by atoms with Gasteiger partial charge in [0.1, 0.15) is 6.10 Å². The van der Waals surface area contributed by atoms with Crippen LogP contribution in [-0.2, 0) is 14.3 Å². The quantitative estimate of drug-likeness (QED) is 0.531. The molecule has 7 heteroatoms. The Morgan fingerprint density at radius 3 is 2.06 bits per heavy atom. The summed E-state index contributed by atoms with van der Waals surface area (Å²) in [6.07, 6.45) is 1.42. The SMILES string of the molecule is O=C(c1c2ccccc2cc2ccccc12)N1CCC(N2CCOC(C(=O)N3CCOCC3)C2)CC1. The highest BCUT2D eigenvalue weighted by Gasteiger charge is 2.35. The van der Waals surface area contributed by atoms with Gasteiger partial charge in [0.15, 0.2) is 0 Å². The van der Waals surface area contributed by atoms with Gasteiger partial charge >= 0.3 is 0 Å². The maximum atomic E-state index is 13.9. The number of rotatable bonds is 3. The Labute approximate surface area is 211 Å². The van der Waals surface area contributed by atoms with Crippen molar-refractivity contribution < 1.29 is 19.1 Å². The molecule has 3 aliphatic heterocycles. The predicted octanol–water partition coefficient (Wildman–Crippen LogP) is 3.16. The van der Waals surface area contributed by atoms with Crippen molar-refractivity contribution in [3.8, 4) is 0 Å². The van der Waals surface area contributed by atoms with Crippen LogP contribution < -0.4 is 0 Å². The highest BCUT2D eigenvalue weighted by atomic mass is 16.5. The van der Waals surface area contributed by atoms with Gasteiger partial charge in [0, 0.05) is 45.3 Å². The van der Waals surface area contributed by atoms with Gasteiger partial charge in [-0.3, -0.25) is 14.5 Å². The molecule has 0 aromatic heterocycles. The van der Waals surface area contributed by atoms with E-state index in [0.717, 1.165) is 59.6 Å². The Bertz CT molecular complexity index is 1210. The average Bonchev–Trinajstić information content (AvgIpc) is 2.96. The zero-order valence-corrected chi connectivity index (χ0v) is 20.6. The van der Waals surface area contributed by atoms with Crippen molar-refractivity contribution in [3.05, 3.63) is 60.2 Å². The second kappa shape index (κ2) is 10.2. The molecule has 3 aromatic carbocycles. The number of ether oxygens (including phenoxy) is 2. The summed E-state index contributed by atoms with van der Waals surface area (Å²) < 4.78 is 11.3. The number of piperidine rings is 1. The molecule has 1 unspecified atom stereocenters. The highest BCUT2D eigenvalue weighted by molar-refractivity contribution is 6.18. The summed E-state index contributed by atoms with van der Waals surface area (Å²) >= 11 is 0. The largest absolute Gasteiger partial charge is 0.378 e. The number of amides is 2. The number of likely N-dealkylation sites (tertiary alicyclic amines) is 1. The Kier molecular flexibility index (Phi) is 6.61. The third kappa shape index (κ3) is 4.47. The second-order valence-corrected chi connectivity index (χ2v) is 10.0. The molecule has 0 radical (unpaired) electrons. The molecule has 0 bridgehead atoms. The number of nitrogens with zero attached hydrogens (tertiary/aromatic N) is 3. The lowest BCUT2D eigenvalue weighted by Crippen LogP contribution is -2.56. The normalized spacial score (nSPS) is 22.3. The molecule has 3 saturated heterocycles. The van der Waals surface area contributed by atoms with Gasteiger partial charge in [-0.15, -0.1) is 0 Å². The van der Waals surface area contributed by atoms with Crippen molar-refractivity contribution in [2.24, 2.45) is 0 Å². The number of morpholine rings is 2. The fourth-order valence-electron chi connectivity index (χ4n) is 5.97. The molecule has 0 spiro atoms. The Morgan fingerprint density at radius 2 is 1.39 bits per heavy atom. The fraction of sp³-hybridized carbons (Fsp3) is 0.448. The fourth-order valence-corrected chi connectivity index (χ4v) is 5.97. The van der Waals surface area contributed by atoms with Gasteiger partial charge in [0.25, 0.3) is 11.8 Å². The van der Waals surface area contributed by atoms with E-state index >= 15 is 0 Å². The van der Waals surface area contributed by atoms with Crippen molar-refractivity contribution in [2.75, 3.05) is 59.1 Å². The lowest BCUT2D eigenvalue weighted by atomic mass is 9.94. The van der Waals surface area contributed by atoms with Crippen LogP contribution in [0.1, 0.15) is 23.2 Å². The Morgan fingerprint density at radius 1 is 0.750 bits per heavy atom. The van der Waals surface area contributed by atoms with Crippen LogP contribution in [0.15, 0.2) is 54.6 Å². The van der Waals surface area contributed by atoms with Crippen molar-refractivity contribution in [2.45, 2.75) is 25.0 Å². The van der Waals surface area contributed by atoms with Gasteiger partial charge in [-0.25, -0.2) is 0 Å². The zero-order valence-electron chi connectivity index (χ0n) is 20.6. The lowest BCUT2D eigenvalue weighted by Gasteiger charge is -2.42. The highest BCUT2D eigenvalue weighted by Crippen LogP contribution is 2.31.